The first kappa shape index (κ1) is 12.4. The van der Waals surface area contributed by atoms with Crippen molar-refractivity contribution in [3.8, 4) is 0 Å². The number of imidazole rings is 1. The molecule has 100 valence electrons. The summed E-state index contributed by atoms with van der Waals surface area (Å²) in [4.78, 5) is 21.4. The molecular formula is C11H10BrN4O3-. The molecule has 8 heteroatoms. The van der Waals surface area contributed by atoms with Crippen LogP contribution in [0.25, 0.3) is 5.65 Å². The molecule has 0 aromatic carbocycles. The van der Waals surface area contributed by atoms with E-state index in [1.165, 1.54) is 6.20 Å². The second kappa shape index (κ2) is 4.78. The van der Waals surface area contributed by atoms with Gasteiger partial charge in [-0.2, -0.15) is 0 Å². The van der Waals surface area contributed by atoms with Crippen molar-refractivity contribution < 1.29 is 14.6 Å². The van der Waals surface area contributed by atoms with E-state index in [1.54, 1.807) is 10.6 Å². The number of nitrogens with zero attached hydrogens (tertiary/aromatic N) is 4. The number of carbonyl (C=O) groups is 1. The highest BCUT2D eigenvalue weighted by atomic mass is 79.9. The maximum Gasteiger partial charge on any atom is 0.181 e. The summed E-state index contributed by atoms with van der Waals surface area (Å²) in [5.41, 5.74) is 0.402. The fraction of sp³-hybridized carbons (Fsp3) is 0.364. The number of carbonyl (C=O) groups excluding carboxylic acids is 1. The van der Waals surface area contributed by atoms with Crippen LogP contribution >= 0.6 is 15.9 Å². The van der Waals surface area contributed by atoms with E-state index in [4.69, 9.17) is 4.74 Å². The predicted molar refractivity (Wildman–Crippen MR) is 68.0 cm³/mol. The maximum atomic E-state index is 10.9. The van der Waals surface area contributed by atoms with Gasteiger partial charge in [-0.05, 0) is 15.9 Å². The molecule has 3 heterocycles. The van der Waals surface area contributed by atoms with Crippen LogP contribution in [0.2, 0.25) is 0 Å². The van der Waals surface area contributed by atoms with Crippen molar-refractivity contribution in [2.24, 2.45) is 0 Å². The van der Waals surface area contributed by atoms with Crippen molar-refractivity contribution >= 4 is 33.4 Å². The van der Waals surface area contributed by atoms with E-state index < -0.39 is 5.97 Å². The van der Waals surface area contributed by atoms with E-state index in [-0.39, 0.29) is 5.69 Å². The highest BCUT2D eigenvalue weighted by Crippen LogP contribution is 2.22. The number of hydrogen-bond donors (Lipinski definition) is 0. The summed E-state index contributed by atoms with van der Waals surface area (Å²) in [5.74, 6) is -0.655. The minimum atomic E-state index is -1.30. The molecule has 1 fully saturated rings. The van der Waals surface area contributed by atoms with Crippen LogP contribution in [0.4, 0.5) is 5.82 Å². The van der Waals surface area contributed by atoms with Crippen molar-refractivity contribution in [1.29, 1.82) is 0 Å². The number of aromatic carboxylic acids is 1. The van der Waals surface area contributed by atoms with Gasteiger partial charge in [0.15, 0.2) is 11.5 Å². The number of ether oxygens (including phenoxy) is 1. The van der Waals surface area contributed by atoms with Gasteiger partial charge in [0.25, 0.3) is 0 Å². The Morgan fingerprint density at radius 3 is 2.74 bits per heavy atom. The fourth-order valence-electron chi connectivity index (χ4n) is 2.04. The van der Waals surface area contributed by atoms with E-state index in [0.29, 0.717) is 42.4 Å². The molecule has 1 saturated heterocycles. The molecule has 0 bridgehead atoms. The summed E-state index contributed by atoms with van der Waals surface area (Å²) in [6, 6.07) is 0. The molecule has 1 aliphatic rings. The van der Waals surface area contributed by atoms with Gasteiger partial charge in [-0.1, -0.05) is 0 Å². The first-order chi connectivity index (χ1) is 9.15. The number of fused-ring (bicyclic) bond motifs is 1. The van der Waals surface area contributed by atoms with Gasteiger partial charge >= 0.3 is 0 Å². The lowest BCUT2D eigenvalue weighted by Gasteiger charge is -2.27. The maximum absolute atomic E-state index is 10.9. The van der Waals surface area contributed by atoms with Gasteiger partial charge in [0, 0.05) is 25.5 Å². The molecule has 0 aliphatic carbocycles. The number of aromatic nitrogens is 3. The number of morpholine rings is 1. The predicted octanol–water partition coefficient (Wildman–Crippen LogP) is -0.308. The van der Waals surface area contributed by atoms with Crippen LogP contribution in [0.15, 0.2) is 17.0 Å². The van der Waals surface area contributed by atoms with E-state index in [9.17, 15) is 9.90 Å². The van der Waals surface area contributed by atoms with Gasteiger partial charge in [0.05, 0.1) is 19.2 Å². The fourth-order valence-corrected chi connectivity index (χ4v) is 2.43. The molecule has 7 nitrogen and oxygen atoms in total. The quantitative estimate of drug-likeness (QED) is 0.753. The van der Waals surface area contributed by atoms with Crippen molar-refractivity contribution in [3.05, 3.63) is 22.7 Å². The second-order valence-electron chi connectivity index (χ2n) is 4.13. The Balaban J connectivity index is 2.13. The van der Waals surface area contributed by atoms with Crippen LogP contribution in [-0.2, 0) is 4.74 Å². The molecule has 3 rings (SSSR count). The Morgan fingerprint density at radius 1 is 1.32 bits per heavy atom. The molecule has 0 N–H and O–H groups in total. The average Bonchev–Trinajstić information content (AvgIpc) is 2.82. The second-order valence-corrected chi connectivity index (χ2v) is 4.94. The van der Waals surface area contributed by atoms with Gasteiger partial charge in [0.1, 0.15) is 10.3 Å². The zero-order chi connectivity index (χ0) is 13.4. The first-order valence-corrected chi connectivity index (χ1v) is 6.54. The zero-order valence-electron chi connectivity index (χ0n) is 9.87. The number of carboxylic acids is 1. The molecule has 2 aromatic heterocycles. The molecule has 0 radical (unpaired) electrons. The summed E-state index contributed by atoms with van der Waals surface area (Å²) in [6.45, 7) is 2.64. The first-order valence-electron chi connectivity index (χ1n) is 5.74. The third-order valence-electron chi connectivity index (χ3n) is 2.91. The molecule has 0 saturated carbocycles. The molecule has 0 amide bonds. The Labute approximate surface area is 117 Å². The monoisotopic (exact) mass is 325 g/mol. The molecule has 2 aromatic rings. The number of carboxylic acid groups (broad SMARTS) is 1. The standard InChI is InChI=1S/C11H11BrN4O3/c12-8-6-16-5-7(11(17)18)13-9(16)10(14-8)15-1-3-19-4-2-15/h5-6H,1-4H2,(H,17,18)/p-1. The minimum Gasteiger partial charge on any atom is -0.543 e. The van der Waals surface area contributed by atoms with Gasteiger partial charge in [-0.25, -0.2) is 9.97 Å². The van der Waals surface area contributed by atoms with Gasteiger partial charge < -0.3 is 23.9 Å². The smallest absolute Gasteiger partial charge is 0.181 e. The molecule has 1 aliphatic heterocycles. The third-order valence-corrected chi connectivity index (χ3v) is 3.29. The van der Waals surface area contributed by atoms with Crippen LogP contribution in [0.5, 0.6) is 0 Å². The number of halogens is 1. The Morgan fingerprint density at radius 2 is 2.05 bits per heavy atom. The van der Waals surface area contributed by atoms with E-state index in [2.05, 4.69) is 25.9 Å². The lowest BCUT2D eigenvalue weighted by molar-refractivity contribution is -0.255. The highest BCUT2D eigenvalue weighted by molar-refractivity contribution is 9.10. The SMILES string of the molecule is O=C([O-])c1cn2cc(Br)nc(N3CCOCC3)c2n1. The Bertz CT molecular complexity index is 636. The Hall–Kier alpha value is -1.67. The minimum absolute atomic E-state index is 0.102. The normalized spacial score (nSPS) is 15.9. The molecular weight excluding hydrogens is 316 g/mol. The summed E-state index contributed by atoms with van der Waals surface area (Å²) in [5, 5.41) is 10.9. The summed E-state index contributed by atoms with van der Waals surface area (Å²) < 4.78 is 7.54. The van der Waals surface area contributed by atoms with E-state index >= 15 is 0 Å². The number of anilines is 1. The van der Waals surface area contributed by atoms with E-state index in [1.807, 2.05) is 4.90 Å². The van der Waals surface area contributed by atoms with E-state index in [0.717, 1.165) is 0 Å². The average molecular weight is 326 g/mol. The van der Waals surface area contributed by atoms with Crippen LogP contribution < -0.4 is 10.0 Å². The van der Waals surface area contributed by atoms with Crippen LogP contribution in [0, 0.1) is 0 Å². The molecule has 0 spiro atoms. The largest absolute Gasteiger partial charge is 0.543 e. The summed E-state index contributed by atoms with van der Waals surface area (Å²) >= 11 is 3.32. The van der Waals surface area contributed by atoms with Gasteiger partial charge in [-0.15, -0.1) is 0 Å². The summed E-state index contributed by atoms with van der Waals surface area (Å²) in [6.07, 6.45) is 3.08. The van der Waals surface area contributed by atoms with Crippen molar-refractivity contribution in [1.82, 2.24) is 14.4 Å². The molecule has 19 heavy (non-hydrogen) atoms. The topological polar surface area (TPSA) is 82.8 Å². The van der Waals surface area contributed by atoms with Crippen LogP contribution in [-0.4, -0.2) is 46.6 Å². The lowest BCUT2D eigenvalue weighted by Crippen LogP contribution is -2.37. The third kappa shape index (κ3) is 2.28. The van der Waals surface area contributed by atoms with Gasteiger partial charge in [-0.3, -0.25) is 0 Å². The molecule has 0 unspecified atom stereocenters. The Kier molecular flexibility index (Phi) is 3.11. The molecule has 0 atom stereocenters. The lowest BCUT2D eigenvalue weighted by atomic mass is 10.4. The van der Waals surface area contributed by atoms with Crippen molar-refractivity contribution in [2.75, 3.05) is 31.2 Å². The summed E-state index contributed by atoms with van der Waals surface area (Å²) in [7, 11) is 0. The van der Waals surface area contributed by atoms with Crippen LogP contribution in [0.3, 0.4) is 0 Å². The number of rotatable bonds is 2. The van der Waals surface area contributed by atoms with Crippen molar-refractivity contribution in [3.63, 3.8) is 0 Å². The highest BCUT2D eigenvalue weighted by Gasteiger charge is 2.18. The van der Waals surface area contributed by atoms with Crippen molar-refractivity contribution in [2.45, 2.75) is 0 Å². The number of hydrogen-bond acceptors (Lipinski definition) is 6. The zero-order valence-corrected chi connectivity index (χ0v) is 11.5. The van der Waals surface area contributed by atoms with Crippen LogP contribution in [0.1, 0.15) is 10.5 Å². The van der Waals surface area contributed by atoms with Gasteiger partial charge in [0.2, 0.25) is 0 Å².